The number of aromatic amines is 1. The summed E-state index contributed by atoms with van der Waals surface area (Å²) >= 11 is 0. The molecule has 7 nitrogen and oxygen atoms in total. The Morgan fingerprint density at radius 3 is 1.96 bits per heavy atom. The molecule has 0 fully saturated rings. The van der Waals surface area contributed by atoms with E-state index in [0.29, 0.717) is 5.70 Å². The number of aromatic nitrogens is 1. The van der Waals surface area contributed by atoms with Crippen LogP contribution in [0.15, 0.2) is 270 Å². The molecule has 80 heavy (non-hydrogen) atoms. The molecule has 7 heteroatoms. The fraction of sp³-hybridized carbons (Fsp3) is 0.0548. The first kappa shape index (κ1) is 47.0. The minimum Gasteiger partial charge on any atom is -0.457 e. The second-order valence-corrected chi connectivity index (χ2v) is 21.0. The van der Waals surface area contributed by atoms with E-state index in [4.69, 9.17) is 19.9 Å². The van der Waals surface area contributed by atoms with Crippen LogP contribution in [0.4, 0.5) is 0 Å². The topological polar surface area (TPSA) is 101 Å². The van der Waals surface area contributed by atoms with Crippen molar-refractivity contribution in [3.63, 3.8) is 0 Å². The maximum Gasteiger partial charge on any atom is 0.135 e. The molecule has 4 heterocycles. The highest BCUT2D eigenvalue weighted by molar-refractivity contribution is 6.10. The molecule has 2 unspecified atom stereocenters. The molecule has 0 radical (unpaired) electrons. The van der Waals surface area contributed by atoms with Crippen LogP contribution in [0.1, 0.15) is 69.3 Å². The lowest BCUT2D eigenvalue weighted by atomic mass is 9.66. The van der Waals surface area contributed by atoms with E-state index < -0.39 is 11.6 Å². The van der Waals surface area contributed by atoms with Gasteiger partial charge < -0.3 is 25.2 Å². The number of nitrogens with two attached hydrogens (primary N) is 1. The number of aliphatic imine (C=N–C) groups is 1. The number of H-pyrrole nitrogens is 1. The third kappa shape index (κ3) is 7.73. The summed E-state index contributed by atoms with van der Waals surface area (Å²) < 4.78 is 13.4. The summed E-state index contributed by atoms with van der Waals surface area (Å²) in [6.07, 6.45) is 3.24. The molecule has 5 N–H and O–H groups in total. The summed E-state index contributed by atoms with van der Waals surface area (Å²) in [5.74, 6) is 2.51. The molecule has 1 aliphatic carbocycles. The van der Waals surface area contributed by atoms with Crippen LogP contribution in [-0.2, 0) is 5.41 Å². The molecule has 1 spiro atoms. The predicted molar refractivity (Wildman–Crippen MR) is 325 cm³/mol. The van der Waals surface area contributed by atoms with Crippen molar-refractivity contribution in [1.82, 2.24) is 15.6 Å². The van der Waals surface area contributed by atoms with Crippen LogP contribution in [-0.4, -0.2) is 10.8 Å². The Kier molecular flexibility index (Phi) is 11.2. The van der Waals surface area contributed by atoms with E-state index >= 15 is 0 Å². The molecule has 382 valence electrons. The zero-order chi connectivity index (χ0) is 53.3. The SMILES string of the molecule is C/C(=C\C=C(/N)c1cccc(C2NC(c3cccc(-c4ccc(-c5ccccc5)[nH]4)c3)=NC(c3cccc4oc5ccc(-c6cccc7c6-c6ccccc6C76c7ccccc7Oc7ccccc76)cc5c34)N2)c1)c1ccccc1. The fourth-order valence-corrected chi connectivity index (χ4v) is 12.6. The monoisotopic (exact) mass is 1030 g/mol. The predicted octanol–water partition coefficient (Wildman–Crippen LogP) is 17.1. The van der Waals surface area contributed by atoms with E-state index in [2.05, 4.69) is 265 Å². The quantitative estimate of drug-likeness (QED) is 0.108. The average Bonchev–Trinajstić information content (AvgIpc) is 3.59. The molecule has 0 amide bonds. The van der Waals surface area contributed by atoms with Crippen LogP contribution < -0.4 is 21.1 Å². The Bertz CT molecular complexity index is 4460. The Morgan fingerprint density at radius 1 is 0.512 bits per heavy atom. The minimum absolute atomic E-state index is 0.357. The van der Waals surface area contributed by atoms with Gasteiger partial charge in [0.05, 0.1) is 5.41 Å². The summed E-state index contributed by atoms with van der Waals surface area (Å²) in [7, 11) is 0. The van der Waals surface area contributed by atoms with Gasteiger partial charge in [-0.3, -0.25) is 5.32 Å². The number of nitrogens with one attached hydrogen (secondary N) is 3. The lowest BCUT2D eigenvalue weighted by molar-refractivity contribution is 0.410. The van der Waals surface area contributed by atoms with Gasteiger partial charge in [0.1, 0.15) is 40.8 Å². The normalized spacial score (nSPS) is 16.1. The molecule has 3 aliphatic rings. The van der Waals surface area contributed by atoms with Gasteiger partial charge in [-0.1, -0.05) is 200 Å². The highest BCUT2D eigenvalue weighted by atomic mass is 16.5. The van der Waals surface area contributed by atoms with Crippen molar-refractivity contribution in [2.45, 2.75) is 24.7 Å². The molecule has 0 saturated carbocycles. The number of amidine groups is 1. The molecule has 10 aromatic carbocycles. The molecule has 15 rings (SSSR count). The molecular weight excluding hydrogens is 979 g/mol. The van der Waals surface area contributed by atoms with Crippen molar-refractivity contribution in [1.29, 1.82) is 0 Å². The van der Waals surface area contributed by atoms with Gasteiger partial charge in [0.2, 0.25) is 0 Å². The number of hydrogen-bond acceptors (Lipinski definition) is 6. The maximum atomic E-state index is 6.89. The van der Waals surface area contributed by atoms with Gasteiger partial charge in [-0.2, -0.15) is 0 Å². The van der Waals surface area contributed by atoms with E-state index in [1.807, 2.05) is 18.2 Å². The second kappa shape index (κ2) is 19.1. The largest absolute Gasteiger partial charge is 0.457 e. The molecule has 2 aliphatic heterocycles. The van der Waals surface area contributed by atoms with Gasteiger partial charge in [-0.05, 0) is 134 Å². The van der Waals surface area contributed by atoms with Crippen molar-refractivity contribution in [3.05, 3.63) is 311 Å². The Hall–Kier alpha value is -10.2. The standard InChI is InChI=1S/C73H53N5O2/c1-45(46-18-4-2-5-19-46)36-38-61(74)49-22-14-24-51(42-49)70-76-71(52-25-15-23-50(43-52)63-40-39-62(75-63)47-20-6-3-7-21-47)78-72(77-70)55-28-17-35-67-69(55)56-44-48(37-41-64(56)79-67)53-27-16-32-60-68(53)54-26-8-9-29-57(54)73(60)58-30-10-12-33-65(58)80-66-34-13-11-31-59(66)73/h2-44,70,72,75,77H,74H2,1H3,(H,76,78)/b45-36+,61-38-. The van der Waals surface area contributed by atoms with Gasteiger partial charge in [0.25, 0.3) is 0 Å². The third-order valence-electron chi connectivity index (χ3n) is 16.4. The molecule has 12 aromatic rings. The zero-order valence-electron chi connectivity index (χ0n) is 43.8. The first-order chi connectivity index (χ1) is 39.5. The number of allylic oxidation sites excluding steroid dienone is 3. The number of ether oxygens (including phenoxy) is 1. The third-order valence-corrected chi connectivity index (χ3v) is 16.4. The summed E-state index contributed by atoms with van der Waals surface area (Å²) in [4.78, 5) is 9.26. The van der Waals surface area contributed by atoms with Crippen molar-refractivity contribution in [2.75, 3.05) is 0 Å². The summed E-state index contributed by atoms with van der Waals surface area (Å²) in [6, 6.07) is 87.9. The van der Waals surface area contributed by atoms with Gasteiger partial charge >= 0.3 is 0 Å². The number of furan rings is 1. The van der Waals surface area contributed by atoms with Crippen molar-refractivity contribution in [2.24, 2.45) is 10.7 Å². The number of benzene rings is 10. The fourth-order valence-electron chi connectivity index (χ4n) is 12.6. The number of nitrogens with zero attached hydrogens (tertiary/aromatic N) is 1. The Morgan fingerprint density at radius 2 is 1.15 bits per heavy atom. The molecule has 0 saturated heterocycles. The van der Waals surface area contributed by atoms with E-state index in [-0.39, 0.29) is 6.17 Å². The lowest BCUT2D eigenvalue weighted by Gasteiger charge is -2.39. The molecule has 2 aromatic heterocycles. The lowest BCUT2D eigenvalue weighted by Crippen LogP contribution is -2.45. The highest BCUT2D eigenvalue weighted by Gasteiger charge is 2.51. The van der Waals surface area contributed by atoms with Crippen molar-refractivity contribution in [3.8, 4) is 56.3 Å². The number of hydrogen-bond donors (Lipinski definition) is 4. The van der Waals surface area contributed by atoms with Crippen LogP contribution in [0, 0.1) is 0 Å². The summed E-state index contributed by atoms with van der Waals surface area (Å²) in [5.41, 5.74) is 28.5. The van der Waals surface area contributed by atoms with Gasteiger partial charge in [0, 0.05) is 50.1 Å². The second-order valence-electron chi connectivity index (χ2n) is 21.0. The van der Waals surface area contributed by atoms with E-state index in [0.717, 1.165) is 117 Å². The van der Waals surface area contributed by atoms with Gasteiger partial charge in [0.15, 0.2) is 0 Å². The maximum absolute atomic E-state index is 6.89. The Labute approximate surface area is 464 Å². The van der Waals surface area contributed by atoms with Crippen molar-refractivity contribution >= 4 is 39.0 Å². The smallest absolute Gasteiger partial charge is 0.135 e. The van der Waals surface area contributed by atoms with Crippen LogP contribution >= 0.6 is 0 Å². The van der Waals surface area contributed by atoms with Crippen molar-refractivity contribution < 1.29 is 9.15 Å². The Balaban J connectivity index is 0.858. The first-order valence-electron chi connectivity index (χ1n) is 27.3. The number of para-hydroxylation sites is 2. The van der Waals surface area contributed by atoms with Gasteiger partial charge in [-0.25, -0.2) is 4.99 Å². The van der Waals surface area contributed by atoms with E-state index in [9.17, 15) is 0 Å². The average molecular weight is 1030 g/mol. The zero-order valence-corrected chi connectivity index (χ0v) is 43.8. The first-order valence-corrected chi connectivity index (χ1v) is 27.3. The van der Waals surface area contributed by atoms with Crippen LogP contribution in [0.5, 0.6) is 11.5 Å². The highest BCUT2D eigenvalue weighted by Crippen LogP contribution is 2.63. The van der Waals surface area contributed by atoms with E-state index in [1.54, 1.807) is 0 Å². The van der Waals surface area contributed by atoms with Gasteiger partial charge in [-0.15, -0.1) is 0 Å². The molecule has 0 bridgehead atoms. The summed E-state index contributed by atoms with van der Waals surface area (Å²) in [6.45, 7) is 2.11. The van der Waals surface area contributed by atoms with E-state index in [1.165, 1.54) is 22.3 Å². The number of rotatable bonds is 9. The van der Waals surface area contributed by atoms with Crippen LogP contribution in [0.2, 0.25) is 0 Å². The summed E-state index contributed by atoms with van der Waals surface area (Å²) in [5, 5.41) is 9.82. The number of fused-ring (bicyclic) bond motifs is 12. The minimum atomic E-state index is -0.577. The van der Waals surface area contributed by atoms with Crippen LogP contribution in [0.3, 0.4) is 0 Å². The van der Waals surface area contributed by atoms with Crippen LogP contribution in [0.25, 0.3) is 78.0 Å². The molecule has 2 atom stereocenters. The molecular formula is C73H53N5O2.